The van der Waals surface area contributed by atoms with Crippen molar-refractivity contribution in [2.24, 2.45) is 0 Å². The molecule has 4 rings (SSSR count). The first-order chi connectivity index (χ1) is 15.6. The van der Waals surface area contributed by atoms with Crippen LogP contribution in [-0.4, -0.2) is 58.6 Å². The number of para-hydroxylation sites is 1. The lowest BCUT2D eigenvalue weighted by Crippen LogP contribution is -2.27. The zero-order valence-corrected chi connectivity index (χ0v) is 18.3. The molecular formula is C24H23F3N4O2. The summed E-state index contributed by atoms with van der Waals surface area (Å²) in [5.74, 6) is -0.390. The molecule has 33 heavy (non-hydrogen) atoms. The Morgan fingerprint density at radius 3 is 2.45 bits per heavy atom. The number of hydrogen-bond acceptors (Lipinski definition) is 3. The number of amides is 2. The van der Waals surface area contributed by atoms with Gasteiger partial charge < -0.3 is 9.80 Å². The monoisotopic (exact) mass is 456 g/mol. The van der Waals surface area contributed by atoms with Crippen molar-refractivity contribution in [3.63, 3.8) is 0 Å². The van der Waals surface area contributed by atoms with E-state index in [0.717, 1.165) is 12.1 Å². The fraction of sp³-hybridized carbons (Fsp3) is 0.292. The summed E-state index contributed by atoms with van der Waals surface area (Å²) in [5, 5.41) is 5.42. The van der Waals surface area contributed by atoms with Crippen LogP contribution >= 0.6 is 0 Å². The van der Waals surface area contributed by atoms with Gasteiger partial charge in [0.05, 0.1) is 22.7 Å². The predicted molar refractivity (Wildman–Crippen MR) is 119 cm³/mol. The highest BCUT2D eigenvalue weighted by atomic mass is 19.4. The molecule has 9 heteroatoms. The molecule has 0 bridgehead atoms. The second-order valence-electron chi connectivity index (χ2n) is 8.20. The largest absolute Gasteiger partial charge is 0.416 e. The highest BCUT2D eigenvalue weighted by Crippen LogP contribution is 2.36. The Labute approximate surface area is 188 Å². The summed E-state index contributed by atoms with van der Waals surface area (Å²) in [6.07, 6.45) is -2.54. The van der Waals surface area contributed by atoms with Crippen LogP contribution in [0.1, 0.15) is 28.4 Å². The zero-order valence-electron chi connectivity index (χ0n) is 18.3. The van der Waals surface area contributed by atoms with Gasteiger partial charge in [-0.1, -0.05) is 30.8 Å². The maximum Gasteiger partial charge on any atom is 0.416 e. The van der Waals surface area contributed by atoms with E-state index in [1.165, 1.54) is 23.1 Å². The summed E-state index contributed by atoms with van der Waals surface area (Å²) in [5.41, 5.74) is 1.30. The average molecular weight is 456 g/mol. The Kier molecular flexibility index (Phi) is 5.73. The molecule has 1 atom stereocenters. The summed E-state index contributed by atoms with van der Waals surface area (Å²) < 4.78 is 40.8. The van der Waals surface area contributed by atoms with E-state index in [1.54, 1.807) is 41.9 Å². The van der Waals surface area contributed by atoms with Crippen LogP contribution in [0.25, 0.3) is 22.2 Å². The molecule has 1 unspecified atom stereocenters. The molecule has 1 aliphatic heterocycles. The van der Waals surface area contributed by atoms with Crippen molar-refractivity contribution in [1.29, 1.82) is 0 Å². The Morgan fingerprint density at radius 1 is 1.15 bits per heavy atom. The maximum atomic E-state index is 13.0. The third kappa shape index (κ3) is 4.10. The third-order valence-corrected chi connectivity index (χ3v) is 5.85. The van der Waals surface area contributed by atoms with Gasteiger partial charge in [0.15, 0.2) is 0 Å². The number of rotatable bonds is 4. The van der Waals surface area contributed by atoms with E-state index >= 15 is 0 Å². The van der Waals surface area contributed by atoms with Crippen molar-refractivity contribution in [3.05, 3.63) is 66.2 Å². The number of alkyl halides is 3. The highest BCUT2D eigenvalue weighted by molar-refractivity contribution is 6.08. The third-order valence-electron chi connectivity index (χ3n) is 5.85. The average Bonchev–Trinajstić information content (AvgIpc) is 3.42. The molecule has 1 aromatic heterocycles. The number of benzene rings is 2. The summed E-state index contributed by atoms with van der Waals surface area (Å²) in [6, 6.07) is 9.89. The van der Waals surface area contributed by atoms with Crippen molar-refractivity contribution < 1.29 is 22.8 Å². The van der Waals surface area contributed by atoms with E-state index in [1.807, 2.05) is 0 Å². The summed E-state index contributed by atoms with van der Waals surface area (Å²) >= 11 is 0. The Hall–Kier alpha value is -3.62. The number of halogens is 3. The zero-order chi connectivity index (χ0) is 23.9. The van der Waals surface area contributed by atoms with Crippen molar-refractivity contribution >= 4 is 22.7 Å². The molecule has 6 nitrogen and oxygen atoms in total. The second kappa shape index (κ2) is 8.38. The van der Waals surface area contributed by atoms with Crippen LogP contribution in [0.15, 0.2) is 55.1 Å². The Bertz CT molecular complexity index is 1230. The molecule has 1 fully saturated rings. The minimum absolute atomic E-state index is 0.179. The minimum atomic E-state index is -4.43. The van der Waals surface area contributed by atoms with Gasteiger partial charge in [0, 0.05) is 38.1 Å². The first-order valence-corrected chi connectivity index (χ1v) is 10.4. The number of likely N-dealkylation sites (tertiary alicyclic amines) is 1. The van der Waals surface area contributed by atoms with E-state index in [-0.39, 0.29) is 17.9 Å². The quantitative estimate of drug-likeness (QED) is 0.548. The molecule has 0 spiro atoms. The fourth-order valence-corrected chi connectivity index (χ4v) is 4.17. The molecular weight excluding hydrogens is 433 g/mol. The molecule has 1 saturated heterocycles. The number of nitrogens with zero attached hydrogens (tertiary/aromatic N) is 4. The van der Waals surface area contributed by atoms with Gasteiger partial charge in [-0.3, -0.25) is 14.3 Å². The van der Waals surface area contributed by atoms with Crippen molar-refractivity contribution in [2.45, 2.75) is 18.6 Å². The van der Waals surface area contributed by atoms with Gasteiger partial charge in [-0.05, 0) is 30.7 Å². The van der Waals surface area contributed by atoms with Gasteiger partial charge in [-0.25, -0.2) is 0 Å². The molecule has 0 saturated carbocycles. The molecule has 0 N–H and O–H groups in total. The van der Waals surface area contributed by atoms with Crippen molar-refractivity contribution in [3.8, 4) is 11.3 Å². The van der Waals surface area contributed by atoms with Crippen LogP contribution in [0.5, 0.6) is 0 Å². The first kappa shape index (κ1) is 22.6. The molecule has 2 aromatic carbocycles. The number of carbonyl (C=O) groups is 2. The summed E-state index contributed by atoms with van der Waals surface area (Å²) in [7, 11) is 3.30. The lowest BCUT2D eigenvalue weighted by atomic mass is 10.0. The fourth-order valence-electron chi connectivity index (χ4n) is 4.17. The van der Waals surface area contributed by atoms with E-state index in [9.17, 15) is 22.8 Å². The van der Waals surface area contributed by atoms with Crippen LogP contribution in [0.3, 0.4) is 0 Å². The molecule has 1 aliphatic rings. The lowest BCUT2D eigenvalue weighted by Gasteiger charge is -2.17. The first-order valence-electron chi connectivity index (χ1n) is 10.4. The summed E-state index contributed by atoms with van der Waals surface area (Å²) in [4.78, 5) is 28.1. The second-order valence-corrected chi connectivity index (χ2v) is 8.20. The smallest absolute Gasteiger partial charge is 0.345 e. The summed E-state index contributed by atoms with van der Waals surface area (Å²) in [6.45, 7) is 4.46. The Morgan fingerprint density at radius 2 is 1.85 bits per heavy atom. The topological polar surface area (TPSA) is 58.4 Å². The SMILES string of the molecule is C=CC(=O)N1CCC(n2nc(-c3ccc(C(F)(F)F)cc3)c3cccc(C(=O)N(C)C)c32)C1. The van der Waals surface area contributed by atoms with Gasteiger partial charge in [0.25, 0.3) is 5.91 Å². The van der Waals surface area contributed by atoms with Crippen LogP contribution < -0.4 is 0 Å². The number of carbonyl (C=O) groups excluding carboxylic acids is 2. The normalized spacial score (nSPS) is 16.3. The van der Waals surface area contributed by atoms with E-state index in [0.29, 0.717) is 47.2 Å². The number of fused-ring (bicyclic) bond motifs is 1. The molecule has 172 valence electrons. The van der Waals surface area contributed by atoms with Crippen LogP contribution in [0.4, 0.5) is 13.2 Å². The van der Waals surface area contributed by atoms with E-state index < -0.39 is 11.7 Å². The van der Waals surface area contributed by atoms with Crippen molar-refractivity contribution in [1.82, 2.24) is 19.6 Å². The standard InChI is InChI=1S/C24H23F3N4O2/c1-4-20(32)30-13-12-17(14-30)31-22-18(6-5-7-19(22)23(33)29(2)3)21(28-31)15-8-10-16(11-9-15)24(25,26)27/h4-11,17H,1,12-14H2,2-3H3. The number of aromatic nitrogens is 2. The number of hydrogen-bond donors (Lipinski definition) is 0. The molecule has 0 aliphatic carbocycles. The predicted octanol–water partition coefficient (Wildman–Crippen LogP) is 4.38. The minimum Gasteiger partial charge on any atom is -0.345 e. The van der Waals surface area contributed by atoms with E-state index in [4.69, 9.17) is 5.10 Å². The van der Waals surface area contributed by atoms with Crippen LogP contribution in [0, 0.1) is 0 Å². The van der Waals surface area contributed by atoms with Gasteiger partial charge in [0.2, 0.25) is 5.91 Å². The van der Waals surface area contributed by atoms with Gasteiger partial charge >= 0.3 is 6.18 Å². The van der Waals surface area contributed by atoms with Crippen LogP contribution in [0.2, 0.25) is 0 Å². The molecule has 2 amide bonds. The molecule has 3 aromatic rings. The van der Waals surface area contributed by atoms with Crippen molar-refractivity contribution in [2.75, 3.05) is 27.2 Å². The molecule has 0 radical (unpaired) electrons. The van der Waals surface area contributed by atoms with Gasteiger partial charge in [-0.15, -0.1) is 0 Å². The Balaban J connectivity index is 1.87. The lowest BCUT2D eigenvalue weighted by molar-refractivity contribution is -0.137. The van der Waals surface area contributed by atoms with Gasteiger partial charge in [-0.2, -0.15) is 18.3 Å². The highest BCUT2D eigenvalue weighted by Gasteiger charge is 2.32. The van der Waals surface area contributed by atoms with Gasteiger partial charge in [0.1, 0.15) is 5.69 Å². The van der Waals surface area contributed by atoms with Crippen LogP contribution in [-0.2, 0) is 11.0 Å². The maximum absolute atomic E-state index is 13.0. The van der Waals surface area contributed by atoms with E-state index in [2.05, 4.69) is 6.58 Å². The molecule has 2 heterocycles.